The van der Waals surface area contributed by atoms with Crippen LogP contribution >= 0.6 is 11.6 Å². The van der Waals surface area contributed by atoms with Crippen LogP contribution in [0.15, 0.2) is 24.5 Å². The quantitative estimate of drug-likeness (QED) is 0.852. The van der Waals surface area contributed by atoms with Crippen LogP contribution in [0.3, 0.4) is 0 Å². The summed E-state index contributed by atoms with van der Waals surface area (Å²) in [4.78, 5) is 18.9. The number of pyridine rings is 1. The Hall–Kier alpha value is -1.55. The van der Waals surface area contributed by atoms with Crippen molar-refractivity contribution < 1.29 is 4.79 Å². The highest BCUT2D eigenvalue weighted by atomic mass is 35.5. The largest absolute Gasteiger partial charge is 0.336 e. The molecule has 0 aromatic carbocycles. The average Bonchev–Trinajstić information content (AvgIpc) is 2.83. The Balaban J connectivity index is 1.61. The number of hydrogen-bond donors (Lipinski definition) is 0. The first kappa shape index (κ1) is 12.2. The molecule has 0 spiro atoms. The lowest BCUT2D eigenvalue weighted by Crippen LogP contribution is -2.32. The van der Waals surface area contributed by atoms with E-state index in [1.165, 1.54) is 12.8 Å². The summed E-state index contributed by atoms with van der Waals surface area (Å²) in [7, 11) is 0. The predicted octanol–water partition coefficient (Wildman–Crippen LogP) is 2.86. The normalized spacial score (nSPS) is 27.9. The van der Waals surface area contributed by atoms with Gasteiger partial charge in [0.2, 0.25) is 0 Å². The highest BCUT2D eigenvalue weighted by Crippen LogP contribution is 2.59. The smallest absolute Gasteiger partial charge is 0.274 e. The van der Waals surface area contributed by atoms with E-state index in [0.29, 0.717) is 22.0 Å². The number of carbonyl (C=O) groups is 1. The summed E-state index contributed by atoms with van der Waals surface area (Å²) in [5.41, 5.74) is 1.69. The van der Waals surface area contributed by atoms with Gasteiger partial charge < -0.3 is 9.30 Å². The molecule has 20 heavy (non-hydrogen) atoms. The molecule has 104 valence electrons. The molecule has 2 fully saturated rings. The van der Waals surface area contributed by atoms with Gasteiger partial charge in [-0.1, -0.05) is 18.5 Å². The minimum absolute atomic E-state index is 0.0462. The zero-order valence-corrected chi connectivity index (χ0v) is 12.1. The van der Waals surface area contributed by atoms with Gasteiger partial charge in [0.05, 0.1) is 5.02 Å². The van der Waals surface area contributed by atoms with Gasteiger partial charge in [0.15, 0.2) is 0 Å². The molecule has 2 atom stereocenters. The third kappa shape index (κ3) is 1.67. The molecule has 1 aliphatic carbocycles. The summed E-state index contributed by atoms with van der Waals surface area (Å²) in [6, 6.07) is 3.61. The fraction of sp³-hybridized carbons (Fsp3) is 0.467. The minimum Gasteiger partial charge on any atom is -0.336 e. The van der Waals surface area contributed by atoms with E-state index in [4.69, 9.17) is 11.6 Å². The molecular weight excluding hydrogens is 274 g/mol. The van der Waals surface area contributed by atoms with E-state index in [1.807, 2.05) is 15.4 Å². The van der Waals surface area contributed by atoms with E-state index in [0.717, 1.165) is 18.7 Å². The van der Waals surface area contributed by atoms with Gasteiger partial charge in [-0.05, 0) is 36.3 Å². The standard InChI is InChI=1S/C15H16ClN3O/c1-2-15-5-10(15)6-19(9-15)14(20)12-8-18-7-11(16)3-4-13(18)17-12/h3-4,7-8,10H,2,5-6,9H2,1H3. The van der Waals surface area contributed by atoms with Crippen LogP contribution in [0.1, 0.15) is 30.3 Å². The van der Waals surface area contributed by atoms with Crippen molar-refractivity contribution in [3.8, 4) is 0 Å². The fourth-order valence-corrected chi connectivity index (χ4v) is 3.69. The Morgan fingerprint density at radius 3 is 3.10 bits per heavy atom. The summed E-state index contributed by atoms with van der Waals surface area (Å²) >= 11 is 5.95. The van der Waals surface area contributed by atoms with Crippen molar-refractivity contribution in [2.24, 2.45) is 11.3 Å². The van der Waals surface area contributed by atoms with Crippen molar-refractivity contribution in [1.82, 2.24) is 14.3 Å². The van der Waals surface area contributed by atoms with Gasteiger partial charge in [-0.2, -0.15) is 0 Å². The van der Waals surface area contributed by atoms with Crippen LogP contribution in [-0.2, 0) is 0 Å². The Kier molecular flexibility index (Phi) is 2.43. The van der Waals surface area contributed by atoms with E-state index in [1.54, 1.807) is 18.5 Å². The van der Waals surface area contributed by atoms with Crippen LogP contribution in [0.5, 0.6) is 0 Å². The van der Waals surface area contributed by atoms with Gasteiger partial charge in [0.25, 0.3) is 5.91 Å². The first-order valence-corrected chi connectivity index (χ1v) is 7.43. The molecule has 5 heteroatoms. The lowest BCUT2D eigenvalue weighted by molar-refractivity contribution is 0.0759. The predicted molar refractivity (Wildman–Crippen MR) is 76.9 cm³/mol. The number of amides is 1. The first-order chi connectivity index (χ1) is 9.61. The highest BCUT2D eigenvalue weighted by molar-refractivity contribution is 6.30. The average molecular weight is 290 g/mol. The van der Waals surface area contributed by atoms with Crippen LogP contribution in [0.4, 0.5) is 0 Å². The van der Waals surface area contributed by atoms with Gasteiger partial charge >= 0.3 is 0 Å². The van der Waals surface area contributed by atoms with Crippen LogP contribution in [0.2, 0.25) is 5.02 Å². The number of piperidine rings is 1. The van der Waals surface area contributed by atoms with E-state index in [2.05, 4.69) is 11.9 Å². The zero-order chi connectivity index (χ0) is 13.9. The Morgan fingerprint density at radius 1 is 1.50 bits per heavy atom. The molecule has 4 nitrogen and oxygen atoms in total. The summed E-state index contributed by atoms with van der Waals surface area (Å²) in [5, 5.41) is 0.640. The third-order valence-electron chi connectivity index (χ3n) is 4.93. The maximum Gasteiger partial charge on any atom is 0.274 e. The maximum absolute atomic E-state index is 12.5. The Morgan fingerprint density at radius 2 is 2.35 bits per heavy atom. The molecule has 1 aliphatic heterocycles. The van der Waals surface area contributed by atoms with Crippen LogP contribution in [-0.4, -0.2) is 33.3 Å². The number of nitrogens with zero attached hydrogens (tertiary/aromatic N) is 3. The number of hydrogen-bond acceptors (Lipinski definition) is 2. The number of carbonyl (C=O) groups excluding carboxylic acids is 1. The van der Waals surface area contributed by atoms with Gasteiger partial charge in [-0.25, -0.2) is 4.98 Å². The monoisotopic (exact) mass is 289 g/mol. The number of fused-ring (bicyclic) bond motifs is 2. The number of aromatic nitrogens is 2. The number of halogens is 1. The summed E-state index contributed by atoms with van der Waals surface area (Å²) < 4.78 is 1.81. The Labute approximate surface area is 122 Å². The van der Waals surface area contributed by atoms with Crippen LogP contribution < -0.4 is 0 Å². The van der Waals surface area contributed by atoms with Gasteiger partial charge in [-0.3, -0.25) is 4.79 Å². The van der Waals surface area contributed by atoms with Crippen LogP contribution in [0, 0.1) is 11.3 Å². The number of imidazole rings is 1. The van der Waals surface area contributed by atoms with Crippen LogP contribution in [0.25, 0.3) is 5.65 Å². The second-order valence-corrected chi connectivity index (χ2v) is 6.48. The van der Waals surface area contributed by atoms with Gasteiger partial charge in [-0.15, -0.1) is 0 Å². The molecule has 2 aromatic heterocycles. The van der Waals surface area contributed by atoms with E-state index < -0.39 is 0 Å². The lowest BCUT2D eigenvalue weighted by Gasteiger charge is -2.19. The molecule has 0 radical (unpaired) electrons. The third-order valence-corrected chi connectivity index (χ3v) is 5.15. The first-order valence-electron chi connectivity index (χ1n) is 7.05. The summed E-state index contributed by atoms with van der Waals surface area (Å²) in [6.07, 6.45) is 6.00. The summed E-state index contributed by atoms with van der Waals surface area (Å²) in [6.45, 7) is 4.00. The molecule has 2 aromatic rings. The maximum atomic E-state index is 12.5. The number of rotatable bonds is 2. The van der Waals surface area contributed by atoms with E-state index >= 15 is 0 Å². The zero-order valence-electron chi connectivity index (χ0n) is 11.3. The van der Waals surface area contributed by atoms with Crippen molar-refractivity contribution >= 4 is 23.2 Å². The fourth-order valence-electron chi connectivity index (χ4n) is 3.52. The SMILES string of the molecule is CCC12CC1CN(C(=O)c1cn3cc(Cl)ccc3n1)C2. The molecule has 3 heterocycles. The van der Waals surface area contributed by atoms with Crippen molar-refractivity contribution in [3.05, 3.63) is 35.2 Å². The lowest BCUT2D eigenvalue weighted by atomic mass is 10.0. The summed E-state index contributed by atoms with van der Waals surface area (Å²) in [5.74, 6) is 0.757. The molecular formula is C15H16ClN3O. The van der Waals surface area contributed by atoms with Gasteiger partial charge in [0, 0.05) is 25.5 Å². The molecule has 1 amide bonds. The van der Waals surface area contributed by atoms with Crippen molar-refractivity contribution in [2.45, 2.75) is 19.8 Å². The molecule has 0 bridgehead atoms. The molecule has 4 rings (SSSR count). The minimum atomic E-state index is 0.0462. The molecule has 1 saturated heterocycles. The number of likely N-dealkylation sites (tertiary alicyclic amines) is 1. The van der Waals surface area contributed by atoms with Crippen molar-refractivity contribution in [2.75, 3.05) is 13.1 Å². The molecule has 0 N–H and O–H groups in total. The molecule has 1 saturated carbocycles. The van der Waals surface area contributed by atoms with E-state index in [9.17, 15) is 4.79 Å². The second kappa shape index (κ2) is 3.98. The second-order valence-electron chi connectivity index (χ2n) is 6.04. The molecule has 2 unspecified atom stereocenters. The van der Waals surface area contributed by atoms with Crippen molar-refractivity contribution in [3.63, 3.8) is 0 Å². The van der Waals surface area contributed by atoms with E-state index in [-0.39, 0.29) is 5.91 Å². The van der Waals surface area contributed by atoms with Gasteiger partial charge in [0.1, 0.15) is 11.3 Å². The topological polar surface area (TPSA) is 37.6 Å². The molecule has 2 aliphatic rings. The highest BCUT2D eigenvalue weighted by Gasteiger charge is 2.59. The van der Waals surface area contributed by atoms with Crippen molar-refractivity contribution in [1.29, 1.82) is 0 Å². The Bertz CT molecular complexity index is 706.